The second-order valence-electron chi connectivity index (χ2n) is 7.44. The van der Waals surface area contributed by atoms with Crippen molar-refractivity contribution >= 4 is 11.8 Å². The summed E-state index contributed by atoms with van der Waals surface area (Å²) in [5.74, 6) is 2.68. The average molecular weight is 348 g/mol. The number of anilines is 1. The van der Waals surface area contributed by atoms with Crippen molar-refractivity contribution in [3.8, 4) is 0 Å². The van der Waals surface area contributed by atoms with Gasteiger partial charge in [0.15, 0.2) is 5.96 Å². The summed E-state index contributed by atoms with van der Waals surface area (Å²) in [5, 5.41) is 6.60. The van der Waals surface area contributed by atoms with Crippen molar-refractivity contribution in [1.82, 2.24) is 15.6 Å². The molecule has 140 valence electrons. The van der Waals surface area contributed by atoms with Crippen LogP contribution in [0.1, 0.15) is 39.2 Å². The molecule has 1 saturated heterocycles. The highest BCUT2D eigenvalue weighted by Crippen LogP contribution is 2.21. The number of pyridine rings is 1. The number of methoxy groups -OCH3 is 1. The first-order chi connectivity index (χ1) is 11.9. The molecule has 6 heteroatoms. The number of rotatable bonds is 6. The molecule has 0 saturated carbocycles. The second kappa shape index (κ2) is 9.04. The highest BCUT2D eigenvalue weighted by molar-refractivity contribution is 5.79. The van der Waals surface area contributed by atoms with Crippen molar-refractivity contribution in [2.45, 2.75) is 45.8 Å². The second-order valence-corrected chi connectivity index (χ2v) is 7.44. The van der Waals surface area contributed by atoms with Gasteiger partial charge < -0.3 is 20.3 Å². The van der Waals surface area contributed by atoms with Gasteiger partial charge in [-0.25, -0.2) is 4.98 Å². The van der Waals surface area contributed by atoms with Crippen molar-refractivity contribution in [2.24, 2.45) is 10.9 Å². The van der Waals surface area contributed by atoms with Gasteiger partial charge in [0.25, 0.3) is 0 Å². The molecular formula is C19H33N5O. The first kappa shape index (κ1) is 19.5. The third-order valence-corrected chi connectivity index (χ3v) is 4.83. The number of aliphatic imine (C=N–C) groups is 1. The van der Waals surface area contributed by atoms with Gasteiger partial charge in [-0.05, 0) is 44.2 Å². The molecule has 0 radical (unpaired) electrons. The molecule has 2 rings (SSSR count). The van der Waals surface area contributed by atoms with E-state index in [1.807, 2.05) is 20.0 Å². The number of piperidine rings is 1. The molecule has 2 heterocycles. The van der Waals surface area contributed by atoms with Crippen molar-refractivity contribution in [2.75, 3.05) is 38.7 Å². The van der Waals surface area contributed by atoms with Crippen LogP contribution >= 0.6 is 0 Å². The smallest absolute Gasteiger partial charge is 0.191 e. The lowest BCUT2D eigenvalue weighted by molar-refractivity contribution is 0.0268. The number of hydrogen-bond acceptors (Lipinski definition) is 4. The molecule has 0 amide bonds. The van der Waals surface area contributed by atoms with Crippen molar-refractivity contribution in [3.63, 3.8) is 0 Å². The minimum atomic E-state index is -0.229. The minimum absolute atomic E-state index is 0.229. The summed E-state index contributed by atoms with van der Waals surface area (Å²) in [6.45, 7) is 10.0. The zero-order chi connectivity index (χ0) is 18.3. The van der Waals surface area contributed by atoms with Crippen molar-refractivity contribution < 1.29 is 4.74 Å². The molecular weight excluding hydrogens is 314 g/mol. The van der Waals surface area contributed by atoms with Crippen LogP contribution in [-0.2, 0) is 11.3 Å². The summed E-state index contributed by atoms with van der Waals surface area (Å²) in [4.78, 5) is 11.3. The van der Waals surface area contributed by atoms with Gasteiger partial charge in [0.2, 0.25) is 0 Å². The fourth-order valence-electron chi connectivity index (χ4n) is 2.72. The predicted molar refractivity (Wildman–Crippen MR) is 104 cm³/mol. The van der Waals surface area contributed by atoms with Gasteiger partial charge in [-0.1, -0.05) is 13.0 Å². The van der Waals surface area contributed by atoms with E-state index in [1.165, 1.54) is 12.8 Å². The third kappa shape index (κ3) is 6.20. The van der Waals surface area contributed by atoms with E-state index in [-0.39, 0.29) is 5.60 Å². The maximum atomic E-state index is 5.41. The zero-order valence-corrected chi connectivity index (χ0v) is 16.3. The zero-order valence-electron chi connectivity index (χ0n) is 16.3. The first-order valence-electron chi connectivity index (χ1n) is 9.13. The van der Waals surface area contributed by atoms with Crippen molar-refractivity contribution in [3.05, 3.63) is 23.9 Å². The van der Waals surface area contributed by atoms with E-state index in [1.54, 1.807) is 14.2 Å². The Morgan fingerprint density at radius 3 is 2.60 bits per heavy atom. The largest absolute Gasteiger partial charge is 0.377 e. The van der Waals surface area contributed by atoms with Gasteiger partial charge in [-0.3, -0.25) is 4.99 Å². The summed E-state index contributed by atoms with van der Waals surface area (Å²) >= 11 is 0. The highest BCUT2D eigenvalue weighted by atomic mass is 16.5. The Labute approximate surface area is 152 Å². The lowest BCUT2D eigenvalue weighted by Crippen LogP contribution is -2.45. The monoisotopic (exact) mass is 347 g/mol. The SMILES string of the molecule is CN=C(NCc1ccc(N2CCC(C)CC2)nc1)NCC(C)(C)OC. The number of aromatic nitrogens is 1. The Hall–Kier alpha value is -1.82. The van der Waals surface area contributed by atoms with Gasteiger partial charge in [0.05, 0.1) is 5.60 Å². The van der Waals surface area contributed by atoms with E-state index in [0.717, 1.165) is 36.3 Å². The topological polar surface area (TPSA) is 61.8 Å². The quantitative estimate of drug-likeness (QED) is 0.611. The van der Waals surface area contributed by atoms with Crippen LogP contribution in [0.15, 0.2) is 23.3 Å². The van der Waals surface area contributed by atoms with Gasteiger partial charge in [0, 0.05) is 46.5 Å². The lowest BCUT2D eigenvalue weighted by Gasteiger charge is -2.31. The van der Waals surface area contributed by atoms with E-state index >= 15 is 0 Å². The Morgan fingerprint density at radius 2 is 2.04 bits per heavy atom. The summed E-state index contributed by atoms with van der Waals surface area (Å²) in [5.41, 5.74) is 0.912. The molecule has 1 aliphatic rings. The number of hydrogen-bond donors (Lipinski definition) is 2. The predicted octanol–water partition coefficient (Wildman–Crippen LogP) is 2.41. The molecule has 0 atom stereocenters. The van der Waals surface area contributed by atoms with Crippen LogP contribution in [0.25, 0.3) is 0 Å². The Morgan fingerprint density at radius 1 is 1.32 bits per heavy atom. The fraction of sp³-hybridized carbons (Fsp3) is 0.684. The lowest BCUT2D eigenvalue weighted by atomic mass is 9.99. The standard InChI is InChI=1S/C19H33N5O/c1-15-8-10-24(11-9-15)17-7-6-16(12-21-17)13-22-18(20-4)23-14-19(2,3)25-5/h6-7,12,15H,8-11,13-14H2,1-5H3,(H2,20,22,23). The van der Waals surface area contributed by atoms with E-state index < -0.39 is 0 Å². The average Bonchev–Trinajstić information content (AvgIpc) is 2.63. The number of guanidine groups is 1. The summed E-state index contributed by atoms with van der Waals surface area (Å²) < 4.78 is 5.41. The van der Waals surface area contributed by atoms with E-state index in [0.29, 0.717) is 13.1 Å². The molecule has 1 fully saturated rings. The van der Waals surface area contributed by atoms with E-state index in [4.69, 9.17) is 4.74 Å². The molecule has 2 N–H and O–H groups in total. The Balaban J connectivity index is 1.82. The molecule has 0 unspecified atom stereocenters. The van der Waals surface area contributed by atoms with Crippen LogP contribution in [0.5, 0.6) is 0 Å². The molecule has 0 aromatic carbocycles. The molecule has 1 aromatic heterocycles. The molecule has 0 spiro atoms. The van der Waals surface area contributed by atoms with E-state index in [9.17, 15) is 0 Å². The van der Waals surface area contributed by atoms with Crippen LogP contribution in [0.3, 0.4) is 0 Å². The molecule has 1 aromatic rings. The Kier molecular flexibility index (Phi) is 7.05. The minimum Gasteiger partial charge on any atom is -0.377 e. The highest BCUT2D eigenvalue weighted by Gasteiger charge is 2.17. The maximum absolute atomic E-state index is 5.41. The van der Waals surface area contributed by atoms with Crippen LogP contribution in [0.4, 0.5) is 5.82 Å². The first-order valence-corrected chi connectivity index (χ1v) is 9.13. The van der Waals surface area contributed by atoms with Gasteiger partial charge >= 0.3 is 0 Å². The third-order valence-electron chi connectivity index (χ3n) is 4.83. The molecule has 1 aliphatic heterocycles. The molecule has 25 heavy (non-hydrogen) atoms. The summed E-state index contributed by atoms with van der Waals surface area (Å²) in [6.07, 6.45) is 4.46. The van der Waals surface area contributed by atoms with Crippen LogP contribution < -0.4 is 15.5 Å². The maximum Gasteiger partial charge on any atom is 0.191 e. The summed E-state index contributed by atoms with van der Waals surface area (Å²) in [7, 11) is 3.49. The van der Waals surface area contributed by atoms with Crippen LogP contribution in [-0.4, -0.2) is 50.3 Å². The molecule has 0 aliphatic carbocycles. The van der Waals surface area contributed by atoms with Gasteiger partial charge in [-0.2, -0.15) is 0 Å². The fourth-order valence-corrected chi connectivity index (χ4v) is 2.72. The van der Waals surface area contributed by atoms with Gasteiger partial charge in [0.1, 0.15) is 5.82 Å². The van der Waals surface area contributed by atoms with Crippen molar-refractivity contribution in [1.29, 1.82) is 0 Å². The summed E-state index contributed by atoms with van der Waals surface area (Å²) in [6, 6.07) is 4.26. The molecule has 0 bridgehead atoms. The van der Waals surface area contributed by atoms with Gasteiger partial charge in [-0.15, -0.1) is 0 Å². The number of nitrogens with one attached hydrogen (secondary N) is 2. The van der Waals surface area contributed by atoms with Crippen LogP contribution in [0, 0.1) is 5.92 Å². The van der Waals surface area contributed by atoms with Crippen LogP contribution in [0.2, 0.25) is 0 Å². The number of ether oxygens (including phenoxy) is 1. The normalized spacial score (nSPS) is 16.8. The number of nitrogens with zero attached hydrogens (tertiary/aromatic N) is 3. The Bertz CT molecular complexity index is 547. The molecule has 6 nitrogen and oxygen atoms in total. The van der Waals surface area contributed by atoms with E-state index in [2.05, 4.69) is 44.6 Å².